The number of hydrogen-bond donors (Lipinski definition) is 2. The van der Waals surface area contributed by atoms with Crippen LogP contribution in [0.4, 0.5) is 11.4 Å². The standard InChI is InChI=1S/C18H18N2O3/c1-11-7-8-12(2)15(9-11)20-17(22)10-14(18(20)23)19-13-5-3-4-6-16(13)21/h3-9,14,19,21H,10H2,1-2H3. The maximum absolute atomic E-state index is 12.7. The Bertz CT molecular complexity index is 786. The van der Waals surface area contributed by atoms with Crippen LogP contribution < -0.4 is 10.2 Å². The summed E-state index contributed by atoms with van der Waals surface area (Å²) >= 11 is 0. The minimum absolute atomic E-state index is 0.0536. The van der Waals surface area contributed by atoms with Crippen molar-refractivity contribution in [3.8, 4) is 5.75 Å². The van der Waals surface area contributed by atoms with Crippen LogP contribution in [0.1, 0.15) is 17.5 Å². The number of aromatic hydroxyl groups is 1. The van der Waals surface area contributed by atoms with E-state index in [-0.39, 0.29) is 24.0 Å². The van der Waals surface area contributed by atoms with Crippen molar-refractivity contribution in [1.29, 1.82) is 0 Å². The predicted octanol–water partition coefficient (Wildman–Crippen LogP) is 2.75. The average molecular weight is 310 g/mol. The largest absolute Gasteiger partial charge is 0.506 e. The molecule has 1 aliphatic heterocycles. The molecule has 0 aromatic heterocycles. The van der Waals surface area contributed by atoms with E-state index in [2.05, 4.69) is 5.32 Å². The Hall–Kier alpha value is -2.82. The third kappa shape index (κ3) is 2.77. The molecule has 3 rings (SSSR count). The summed E-state index contributed by atoms with van der Waals surface area (Å²) in [5, 5.41) is 12.8. The van der Waals surface area contributed by atoms with Gasteiger partial charge in [0.2, 0.25) is 5.91 Å². The number of hydrogen-bond acceptors (Lipinski definition) is 4. The van der Waals surface area contributed by atoms with Crippen LogP contribution in [-0.2, 0) is 9.59 Å². The number of para-hydroxylation sites is 2. The highest BCUT2D eigenvalue weighted by Gasteiger charge is 2.40. The van der Waals surface area contributed by atoms with E-state index in [0.29, 0.717) is 11.4 Å². The Morgan fingerprint density at radius 2 is 1.87 bits per heavy atom. The molecule has 2 N–H and O–H groups in total. The van der Waals surface area contributed by atoms with Crippen molar-refractivity contribution in [2.45, 2.75) is 26.3 Å². The molecule has 1 saturated heterocycles. The Labute approximate surface area is 134 Å². The zero-order valence-electron chi connectivity index (χ0n) is 13.0. The Kier molecular flexibility index (Phi) is 3.78. The van der Waals surface area contributed by atoms with Crippen molar-refractivity contribution >= 4 is 23.2 Å². The van der Waals surface area contributed by atoms with Gasteiger partial charge in [0.15, 0.2) is 0 Å². The van der Waals surface area contributed by atoms with Gasteiger partial charge in [-0.3, -0.25) is 9.59 Å². The number of amides is 2. The van der Waals surface area contributed by atoms with Gasteiger partial charge >= 0.3 is 0 Å². The van der Waals surface area contributed by atoms with Crippen LogP contribution in [0.15, 0.2) is 42.5 Å². The topological polar surface area (TPSA) is 69.6 Å². The van der Waals surface area contributed by atoms with E-state index >= 15 is 0 Å². The third-order valence-corrected chi connectivity index (χ3v) is 3.99. The molecule has 0 radical (unpaired) electrons. The highest BCUT2D eigenvalue weighted by Crippen LogP contribution is 2.30. The van der Waals surface area contributed by atoms with Gasteiger partial charge in [0.25, 0.3) is 5.91 Å². The number of phenolic OH excluding ortho intramolecular Hbond substituents is 1. The molecular weight excluding hydrogens is 292 g/mol. The number of carbonyl (C=O) groups is 2. The minimum Gasteiger partial charge on any atom is -0.506 e. The summed E-state index contributed by atoms with van der Waals surface area (Å²) in [7, 11) is 0. The van der Waals surface area contributed by atoms with Gasteiger partial charge in [-0.05, 0) is 43.2 Å². The second kappa shape index (κ2) is 5.76. The van der Waals surface area contributed by atoms with E-state index in [1.807, 2.05) is 32.0 Å². The van der Waals surface area contributed by atoms with E-state index in [0.717, 1.165) is 11.1 Å². The summed E-state index contributed by atoms with van der Waals surface area (Å²) in [6, 6.07) is 11.7. The molecule has 118 valence electrons. The number of phenols is 1. The number of imide groups is 1. The summed E-state index contributed by atoms with van der Waals surface area (Å²) in [5.74, 6) is -0.485. The van der Waals surface area contributed by atoms with Crippen molar-refractivity contribution in [3.63, 3.8) is 0 Å². The van der Waals surface area contributed by atoms with Gasteiger partial charge in [0.05, 0.1) is 17.8 Å². The molecule has 1 fully saturated rings. The Morgan fingerprint density at radius 3 is 2.61 bits per heavy atom. The molecule has 2 aromatic carbocycles. The normalized spacial score (nSPS) is 17.7. The first kappa shape index (κ1) is 15.1. The van der Waals surface area contributed by atoms with Crippen molar-refractivity contribution in [3.05, 3.63) is 53.6 Å². The van der Waals surface area contributed by atoms with Crippen LogP contribution in [0.25, 0.3) is 0 Å². The van der Waals surface area contributed by atoms with Gasteiger partial charge in [0.1, 0.15) is 11.8 Å². The number of anilines is 2. The summed E-state index contributed by atoms with van der Waals surface area (Å²) in [6.07, 6.45) is 0.0700. The molecule has 1 unspecified atom stereocenters. The van der Waals surface area contributed by atoms with E-state index in [9.17, 15) is 14.7 Å². The van der Waals surface area contributed by atoms with Gasteiger partial charge in [-0.15, -0.1) is 0 Å². The third-order valence-electron chi connectivity index (χ3n) is 3.99. The summed E-state index contributed by atoms with van der Waals surface area (Å²) < 4.78 is 0. The number of rotatable bonds is 3. The van der Waals surface area contributed by atoms with Crippen LogP contribution in [0.2, 0.25) is 0 Å². The van der Waals surface area contributed by atoms with E-state index in [1.165, 1.54) is 11.0 Å². The zero-order valence-corrected chi connectivity index (χ0v) is 13.0. The van der Waals surface area contributed by atoms with Crippen LogP contribution >= 0.6 is 0 Å². The molecule has 0 aliphatic carbocycles. The molecule has 23 heavy (non-hydrogen) atoms. The Balaban J connectivity index is 1.88. The van der Waals surface area contributed by atoms with E-state index in [4.69, 9.17) is 0 Å². The second-order valence-electron chi connectivity index (χ2n) is 5.78. The molecule has 0 bridgehead atoms. The zero-order chi connectivity index (χ0) is 16.6. The molecule has 5 nitrogen and oxygen atoms in total. The summed E-state index contributed by atoms with van der Waals surface area (Å²) in [5.41, 5.74) is 2.94. The van der Waals surface area contributed by atoms with Crippen molar-refractivity contribution in [1.82, 2.24) is 0 Å². The number of aryl methyl sites for hydroxylation is 2. The van der Waals surface area contributed by atoms with Gasteiger partial charge in [-0.1, -0.05) is 24.3 Å². The quantitative estimate of drug-likeness (QED) is 0.675. The average Bonchev–Trinajstić information content (AvgIpc) is 2.79. The summed E-state index contributed by atoms with van der Waals surface area (Å²) in [4.78, 5) is 26.2. The van der Waals surface area contributed by atoms with E-state index in [1.54, 1.807) is 18.2 Å². The minimum atomic E-state index is -0.671. The van der Waals surface area contributed by atoms with E-state index < -0.39 is 6.04 Å². The lowest BCUT2D eigenvalue weighted by Crippen LogP contribution is -2.35. The lowest BCUT2D eigenvalue weighted by molar-refractivity contribution is -0.121. The lowest BCUT2D eigenvalue weighted by Gasteiger charge is -2.19. The molecule has 1 aliphatic rings. The van der Waals surface area contributed by atoms with Crippen molar-refractivity contribution in [2.75, 3.05) is 10.2 Å². The number of benzene rings is 2. The van der Waals surface area contributed by atoms with Gasteiger partial charge in [-0.25, -0.2) is 4.90 Å². The Morgan fingerprint density at radius 1 is 1.13 bits per heavy atom. The van der Waals surface area contributed by atoms with Gasteiger partial charge in [0, 0.05) is 0 Å². The van der Waals surface area contributed by atoms with Crippen LogP contribution in [0, 0.1) is 13.8 Å². The first-order valence-corrected chi connectivity index (χ1v) is 7.46. The fourth-order valence-corrected chi connectivity index (χ4v) is 2.74. The van der Waals surface area contributed by atoms with Gasteiger partial charge < -0.3 is 10.4 Å². The molecule has 0 saturated carbocycles. The fourth-order valence-electron chi connectivity index (χ4n) is 2.74. The number of nitrogens with one attached hydrogen (secondary N) is 1. The predicted molar refractivity (Wildman–Crippen MR) is 88.5 cm³/mol. The lowest BCUT2D eigenvalue weighted by atomic mass is 10.1. The molecule has 1 heterocycles. The maximum Gasteiger partial charge on any atom is 0.256 e. The molecule has 2 amide bonds. The molecular formula is C18H18N2O3. The highest BCUT2D eigenvalue weighted by atomic mass is 16.3. The maximum atomic E-state index is 12.7. The highest BCUT2D eigenvalue weighted by molar-refractivity contribution is 6.23. The molecule has 5 heteroatoms. The molecule has 0 spiro atoms. The molecule has 2 aromatic rings. The SMILES string of the molecule is Cc1ccc(C)c(N2C(=O)CC(Nc3ccccc3O)C2=O)c1. The smallest absolute Gasteiger partial charge is 0.256 e. The fraction of sp³-hybridized carbons (Fsp3) is 0.222. The van der Waals surface area contributed by atoms with Crippen molar-refractivity contribution in [2.24, 2.45) is 0 Å². The van der Waals surface area contributed by atoms with Crippen LogP contribution in [0.5, 0.6) is 5.75 Å². The first-order chi connectivity index (χ1) is 11.0. The molecule has 1 atom stereocenters. The van der Waals surface area contributed by atoms with Crippen LogP contribution in [-0.4, -0.2) is 23.0 Å². The van der Waals surface area contributed by atoms with Gasteiger partial charge in [-0.2, -0.15) is 0 Å². The number of carbonyl (C=O) groups excluding carboxylic acids is 2. The second-order valence-corrected chi connectivity index (χ2v) is 5.78. The monoisotopic (exact) mass is 310 g/mol. The van der Waals surface area contributed by atoms with Crippen molar-refractivity contribution < 1.29 is 14.7 Å². The number of nitrogens with zero attached hydrogens (tertiary/aromatic N) is 1. The first-order valence-electron chi connectivity index (χ1n) is 7.46. The van der Waals surface area contributed by atoms with Crippen LogP contribution in [0.3, 0.4) is 0 Å². The summed E-state index contributed by atoms with van der Waals surface area (Å²) in [6.45, 7) is 3.80.